The van der Waals surface area contributed by atoms with Crippen LogP contribution in [0.3, 0.4) is 0 Å². The predicted molar refractivity (Wildman–Crippen MR) is 71.0 cm³/mol. The van der Waals surface area contributed by atoms with Crippen molar-refractivity contribution < 1.29 is 0 Å². The summed E-state index contributed by atoms with van der Waals surface area (Å²) in [4.78, 5) is 11.8. The van der Waals surface area contributed by atoms with Crippen molar-refractivity contribution in [2.75, 3.05) is 0 Å². The molecule has 0 aliphatic carbocycles. The summed E-state index contributed by atoms with van der Waals surface area (Å²) >= 11 is 6.10. The van der Waals surface area contributed by atoms with Gasteiger partial charge in [0.15, 0.2) is 5.82 Å². The average molecular weight is 267 g/mol. The van der Waals surface area contributed by atoms with Gasteiger partial charge in [-0.05, 0) is 18.6 Å². The molecule has 0 radical (unpaired) electrons. The Morgan fingerprint density at radius 2 is 2.22 bits per heavy atom. The number of nitrogens with zero attached hydrogens (tertiary/aromatic N) is 2. The quantitative estimate of drug-likeness (QED) is 0.889. The summed E-state index contributed by atoms with van der Waals surface area (Å²) in [6.45, 7) is 2.03. The van der Waals surface area contributed by atoms with Gasteiger partial charge in [-0.25, -0.2) is 14.5 Å². The highest BCUT2D eigenvalue weighted by Crippen LogP contribution is 2.22. The van der Waals surface area contributed by atoms with Crippen molar-refractivity contribution in [2.45, 2.75) is 25.8 Å². The van der Waals surface area contributed by atoms with Gasteiger partial charge in [-0.15, -0.1) is 0 Å². The van der Waals surface area contributed by atoms with Gasteiger partial charge in [0.05, 0.1) is 16.8 Å². The molecule has 1 atom stereocenters. The number of hydrogen-bond acceptors (Lipinski definition) is 3. The third-order valence-electron chi connectivity index (χ3n) is 2.72. The van der Waals surface area contributed by atoms with Gasteiger partial charge in [-0.2, -0.15) is 5.10 Å². The number of halogens is 1. The topological polar surface area (TPSA) is 76.7 Å². The summed E-state index contributed by atoms with van der Waals surface area (Å²) in [5, 5.41) is 6.91. The standard InChI is InChI=1S/C12H15ClN4O/c1-2-5-9(14)11-15-16-12(18)17(11)10-7-4-3-6-8(10)13/h3-4,6-7,9H,2,5,14H2,1H3,(H,16,18). The van der Waals surface area contributed by atoms with Crippen LogP contribution in [0, 0.1) is 0 Å². The Bertz CT molecular complexity index is 590. The number of rotatable bonds is 4. The third-order valence-corrected chi connectivity index (χ3v) is 3.04. The van der Waals surface area contributed by atoms with Gasteiger partial charge in [-0.1, -0.05) is 37.1 Å². The van der Waals surface area contributed by atoms with Gasteiger partial charge in [0, 0.05) is 0 Å². The first-order valence-corrected chi connectivity index (χ1v) is 6.20. The van der Waals surface area contributed by atoms with Crippen LogP contribution >= 0.6 is 11.6 Å². The van der Waals surface area contributed by atoms with Gasteiger partial charge in [0.1, 0.15) is 0 Å². The van der Waals surface area contributed by atoms with Crippen molar-refractivity contribution in [3.63, 3.8) is 0 Å². The zero-order valence-electron chi connectivity index (χ0n) is 10.1. The number of hydrogen-bond donors (Lipinski definition) is 2. The van der Waals surface area contributed by atoms with Crippen LogP contribution in [-0.4, -0.2) is 14.8 Å². The van der Waals surface area contributed by atoms with E-state index in [9.17, 15) is 4.79 Å². The molecular formula is C12H15ClN4O. The number of H-pyrrole nitrogens is 1. The second-order valence-corrected chi connectivity index (χ2v) is 4.48. The van der Waals surface area contributed by atoms with E-state index >= 15 is 0 Å². The lowest BCUT2D eigenvalue weighted by atomic mass is 10.1. The molecular weight excluding hydrogens is 252 g/mol. The van der Waals surface area contributed by atoms with E-state index in [1.54, 1.807) is 12.1 Å². The fraction of sp³-hybridized carbons (Fsp3) is 0.333. The van der Waals surface area contributed by atoms with E-state index in [0.717, 1.165) is 12.8 Å². The van der Waals surface area contributed by atoms with Crippen molar-refractivity contribution in [1.29, 1.82) is 0 Å². The molecule has 0 spiro atoms. The number of benzene rings is 1. The monoisotopic (exact) mass is 266 g/mol. The SMILES string of the molecule is CCCC(N)c1n[nH]c(=O)n1-c1ccccc1Cl. The molecule has 1 heterocycles. The summed E-state index contributed by atoms with van der Waals surface area (Å²) in [7, 11) is 0. The molecule has 18 heavy (non-hydrogen) atoms. The van der Waals surface area contributed by atoms with Gasteiger partial charge in [0.2, 0.25) is 0 Å². The minimum absolute atomic E-state index is 0.287. The molecule has 2 rings (SSSR count). The van der Waals surface area contributed by atoms with Crippen LogP contribution in [0.2, 0.25) is 5.02 Å². The van der Waals surface area contributed by atoms with Crippen molar-refractivity contribution in [2.24, 2.45) is 5.73 Å². The second-order valence-electron chi connectivity index (χ2n) is 4.07. The maximum absolute atomic E-state index is 11.8. The number of nitrogens with two attached hydrogens (primary N) is 1. The van der Waals surface area contributed by atoms with Crippen molar-refractivity contribution >= 4 is 11.6 Å². The highest BCUT2D eigenvalue weighted by atomic mass is 35.5. The average Bonchev–Trinajstić information content (AvgIpc) is 2.72. The fourth-order valence-electron chi connectivity index (χ4n) is 1.86. The third kappa shape index (κ3) is 2.32. The van der Waals surface area contributed by atoms with E-state index < -0.39 is 0 Å². The van der Waals surface area contributed by atoms with E-state index in [-0.39, 0.29) is 11.7 Å². The van der Waals surface area contributed by atoms with Gasteiger partial charge >= 0.3 is 5.69 Å². The second kappa shape index (κ2) is 5.37. The molecule has 96 valence electrons. The van der Waals surface area contributed by atoms with Crippen molar-refractivity contribution in [1.82, 2.24) is 14.8 Å². The maximum Gasteiger partial charge on any atom is 0.348 e. The predicted octanol–water partition coefficient (Wildman–Crippen LogP) is 2.01. The van der Waals surface area contributed by atoms with Crippen molar-refractivity contribution in [3.05, 3.63) is 45.6 Å². The number of aromatic amines is 1. The van der Waals surface area contributed by atoms with Gasteiger partial charge in [0.25, 0.3) is 0 Å². The Morgan fingerprint density at radius 1 is 1.50 bits per heavy atom. The number of para-hydroxylation sites is 1. The first-order chi connectivity index (χ1) is 8.65. The highest BCUT2D eigenvalue weighted by molar-refractivity contribution is 6.32. The summed E-state index contributed by atoms with van der Waals surface area (Å²) in [6.07, 6.45) is 1.68. The molecule has 0 aliphatic rings. The molecule has 5 nitrogen and oxygen atoms in total. The number of nitrogens with one attached hydrogen (secondary N) is 1. The molecule has 2 aromatic rings. The zero-order chi connectivity index (χ0) is 13.1. The molecule has 3 N–H and O–H groups in total. The highest BCUT2D eigenvalue weighted by Gasteiger charge is 2.17. The normalized spacial score (nSPS) is 12.6. The minimum atomic E-state index is -0.329. The molecule has 0 saturated heterocycles. The van der Waals surface area contributed by atoms with E-state index in [1.807, 2.05) is 19.1 Å². The van der Waals surface area contributed by atoms with E-state index in [4.69, 9.17) is 17.3 Å². The summed E-state index contributed by atoms with van der Waals surface area (Å²) in [5.41, 5.74) is 6.29. The zero-order valence-corrected chi connectivity index (χ0v) is 10.8. The Balaban J connectivity index is 2.54. The molecule has 6 heteroatoms. The van der Waals surface area contributed by atoms with Gasteiger partial charge < -0.3 is 5.73 Å². The molecule has 0 amide bonds. The first-order valence-electron chi connectivity index (χ1n) is 5.83. The van der Waals surface area contributed by atoms with Crippen LogP contribution in [0.15, 0.2) is 29.1 Å². The summed E-state index contributed by atoms with van der Waals surface area (Å²) in [6, 6.07) is 6.83. The first kappa shape index (κ1) is 12.9. The summed E-state index contributed by atoms with van der Waals surface area (Å²) in [5.74, 6) is 0.509. The number of aromatic nitrogens is 3. The molecule has 1 unspecified atom stereocenters. The van der Waals surface area contributed by atoms with Crippen LogP contribution in [0.5, 0.6) is 0 Å². The Hall–Kier alpha value is -1.59. The largest absolute Gasteiger partial charge is 0.348 e. The van der Waals surface area contributed by atoms with Crippen LogP contribution in [0.1, 0.15) is 31.6 Å². The fourth-order valence-corrected chi connectivity index (χ4v) is 2.08. The van der Waals surface area contributed by atoms with Crippen LogP contribution in [0.4, 0.5) is 0 Å². The van der Waals surface area contributed by atoms with E-state index in [0.29, 0.717) is 16.5 Å². The minimum Gasteiger partial charge on any atom is -0.321 e. The molecule has 0 bridgehead atoms. The lowest BCUT2D eigenvalue weighted by Gasteiger charge is -2.12. The van der Waals surface area contributed by atoms with Gasteiger partial charge in [-0.3, -0.25) is 0 Å². The molecule has 0 aliphatic heterocycles. The Kier molecular flexibility index (Phi) is 3.84. The van der Waals surface area contributed by atoms with Crippen LogP contribution in [0.25, 0.3) is 5.69 Å². The maximum atomic E-state index is 11.8. The lowest BCUT2D eigenvalue weighted by molar-refractivity contribution is 0.589. The summed E-state index contributed by atoms with van der Waals surface area (Å²) < 4.78 is 1.43. The molecule has 0 saturated carbocycles. The smallest absolute Gasteiger partial charge is 0.321 e. The lowest BCUT2D eigenvalue weighted by Crippen LogP contribution is -2.22. The Morgan fingerprint density at radius 3 is 2.89 bits per heavy atom. The van der Waals surface area contributed by atoms with Crippen LogP contribution in [-0.2, 0) is 0 Å². The molecule has 1 aromatic carbocycles. The Labute approximate surface area is 110 Å². The molecule has 0 fully saturated rings. The van der Waals surface area contributed by atoms with Crippen LogP contribution < -0.4 is 11.4 Å². The van der Waals surface area contributed by atoms with Crippen molar-refractivity contribution in [3.8, 4) is 5.69 Å². The van der Waals surface area contributed by atoms with E-state index in [2.05, 4.69) is 10.2 Å². The molecule has 1 aromatic heterocycles. The van der Waals surface area contributed by atoms with E-state index in [1.165, 1.54) is 4.57 Å².